The number of aromatic nitrogens is 1. The first-order chi connectivity index (χ1) is 16.1. The van der Waals surface area contributed by atoms with E-state index in [1.807, 2.05) is 31.2 Å². The standard InChI is InChI=1S/C25H36N4O4/c1-19-23(27-25(33-19)21-4-6-22(31-2)7-5-21)18-29-12-8-20(9-13-29)24(30)26-10-3-11-28-14-16-32-17-15-28/h4-7,20H,3,8-18H2,1-2H3,(H,26,30). The van der Waals surface area contributed by atoms with E-state index >= 15 is 0 Å². The Labute approximate surface area is 196 Å². The summed E-state index contributed by atoms with van der Waals surface area (Å²) in [6, 6.07) is 7.73. The van der Waals surface area contributed by atoms with Crippen molar-refractivity contribution in [1.82, 2.24) is 20.1 Å². The molecule has 2 fully saturated rings. The predicted molar refractivity (Wildman–Crippen MR) is 126 cm³/mol. The zero-order valence-electron chi connectivity index (χ0n) is 19.8. The SMILES string of the molecule is COc1ccc(-c2nc(CN3CCC(C(=O)NCCCN4CCOCC4)CC3)c(C)o2)cc1. The van der Waals surface area contributed by atoms with Gasteiger partial charge in [0.15, 0.2) is 0 Å². The van der Waals surface area contributed by atoms with Crippen molar-refractivity contribution in [2.75, 3.05) is 59.6 Å². The van der Waals surface area contributed by atoms with Crippen molar-refractivity contribution in [3.8, 4) is 17.2 Å². The van der Waals surface area contributed by atoms with Gasteiger partial charge >= 0.3 is 0 Å². The van der Waals surface area contributed by atoms with Gasteiger partial charge in [-0.2, -0.15) is 0 Å². The maximum atomic E-state index is 12.6. The van der Waals surface area contributed by atoms with Crippen molar-refractivity contribution in [3.63, 3.8) is 0 Å². The van der Waals surface area contributed by atoms with Crippen LogP contribution in [-0.2, 0) is 16.1 Å². The molecule has 0 aliphatic carbocycles. The molecule has 0 radical (unpaired) electrons. The van der Waals surface area contributed by atoms with E-state index in [1.54, 1.807) is 7.11 Å². The van der Waals surface area contributed by atoms with Crippen molar-refractivity contribution >= 4 is 5.91 Å². The first-order valence-corrected chi connectivity index (χ1v) is 12.0. The fourth-order valence-electron chi connectivity index (χ4n) is 4.48. The molecular formula is C25H36N4O4. The lowest BCUT2D eigenvalue weighted by molar-refractivity contribution is -0.126. The van der Waals surface area contributed by atoms with Crippen LogP contribution in [0.2, 0.25) is 0 Å². The van der Waals surface area contributed by atoms with Crippen molar-refractivity contribution < 1.29 is 18.7 Å². The van der Waals surface area contributed by atoms with E-state index in [-0.39, 0.29) is 11.8 Å². The molecule has 0 spiro atoms. The molecule has 3 heterocycles. The minimum absolute atomic E-state index is 0.109. The Morgan fingerprint density at radius 3 is 2.55 bits per heavy atom. The van der Waals surface area contributed by atoms with E-state index in [2.05, 4.69) is 15.1 Å². The van der Waals surface area contributed by atoms with Crippen LogP contribution in [0.15, 0.2) is 28.7 Å². The quantitative estimate of drug-likeness (QED) is 0.581. The smallest absolute Gasteiger partial charge is 0.226 e. The number of nitrogens with zero attached hydrogens (tertiary/aromatic N) is 3. The largest absolute Gasteiger partial charge is 0.497 e. The average Bonchev–Trinajstić information content (AvgIpc) is 3.23. The lowest BCUT2D eigenvalue weighted by Crippen LogP contribution is -2.41. The van der Waals surface area contributed by atoms with Gasteiger partial charge in [-0.15, -0.1) is 0 Å². The van der Waals surface area contributed by atoms with Gasteiger partial charge in [-0.1, -0.05) is 0 Å². The molecule has 2 saturated heterocycles. The highest BCUT2D eigenvalue weighted by molar-refractivity contribution is 5.78. The van der Waals surface area contributed by atoms with Crippen LogP contribution in [0.5, 0.6) is 5.75 Å². The Bertz CT molecular complexity index is 884. The third kappa shape index (κ3) is 6.56. The van der Waals surface area contributed by atoms with Crippen LogP contribution < -0.4 is 10.1 Å². The second-order valence-corrected chi connectivity index (χ2v) is 8.90. The topological polar surface area (TPSA) is 80.1 Å². The molecule has 0 saturated carbocycles. The van der Waals surface area contributed by atoms with Crippen LogP contribution in [-0.4, -0.2) is 80.3 Å². The highest BCUT2D eigenvalue weighted by Crippen LogP contribution is 2.26. The van der Waals surface area contributed by atoms with Gasteiger partial charge in [0.25, 0.3) is 0 Å². The van der Waals surface area contributed by atoms with Crippen LogP contribution in [0.25, 0.3) is 11.5 Å². The molecule has 4 rings (SSSR count). The Morgan fingerprint density at radius 1 is 1.12 bits per heavy atom. The fraction of sp³-hybridized carbons (Fsp3) is 0.600. The second kappa shape index (κ2) is 11.6. The lowest BCUT2D eigenvalue weighted by atomic mass is 9.95. The number of rotatable bonds is 9. The predicted octanol–water partition coefficient (Wildman–Crippen LogP) is 2.71. The van der Waals surface area contributed by atoms with Gasteiger partial charge in [0.1, 0.15) is 11.5 Å². The van der Waals surface area contributed by atoms with Gasteiger partial charge in [0.2, 0.25) is 11.8 Å². The third-order valence-corrected chi connectivity index (χ3v) is 6.62. The van der Waals surface area contributed by atoms with Crippen molar-refractivity contribution in [1.29, 1.82) is 0 Å². The summed E-state index contributed by atoms with van der Waals surface area (Å²) in [5, 5.41) is 3.14. The molecule has 8 heteroatoms. The summed E-state index contributed by atoms with van der Waals surface area (Å²) < 4.78 is 16.5. The molecule has 2 aromatic rings. The Morgan fingerprint density at radius 2 is 1.85 bits per heavy atom. The number of morpholine rings is 1. The molecule has 0 atom stereocenters. The van der Waals surface area contributed by atoms with Gasteiger partial charge in [-0.25, -0.2) is 4.98 Å². The molecule has 0 bridgehead atoms. The molecule has 33 heavy (non-hydrogen) atoms. The molecule has 2 aliphatic rings. The van der Waals surface area contributed by atoms with Crippen molar-refractivity contribution in [2.24, 2.45) is 5.92 Å². The van der Waals surface area contributed by atoms with Crippen molar-refractivity contribution in [3.05, 3.63) is 35.7 Å². The first kappa shape index (κ1) is 23.7. The Hall–Kier alpha value is -2.42. The monoisotopic (exact) mass is 456 g/mol. The number of hydrogen-bond donors (Lipinski definition) is 1. The Balaban J connectivity index is 1.19. The molecule has 1 aromatic heterocycles. The van der Waals surface area contributed by atoms with Gasteiger partial charge in [-0.3, -0.25) is 14.6 Å². The third-order valence-electron chi connectivity index (χ3n) is 6.62. The number of methoxy groups -OCH3 is 1. The number of likely N-dealkylation sites (tertiary alicyclic amines) is 1. The summed E-state index contributed by atoms with van der Waals surface area (Å²) in [7, 11) is 1.65. The zero-order valence-corrected chi connectivity index (χ0v) is 19.8. The molecule has 1 aromatic carbocycles. The zero-order chi connectivity index (χ0) is 23.0. The number of amides is 1. The summed E-state index contributed by atoms with van der Waals surface area (Å²) in [6.45, 7) is 9.93. The summed E-state index contributed by atoms with van der Waals surface area (Å²) in [5.74, 6) is 2.61. The number of aryl methyl sites for hydroxylation is 1. The second-order valence-electron chi connectivity index (χ2n) is 8.90. The molecule has 1 N–H and O–H groups in total. The van der Waals surface area contributed by atoms with Crippen LogP contribution >= 0.6 is 0 Å². The van der Waals surface area contributed by atoms with Gasteiger partial charge in [-0.05, 0) is 70.1 Å². The normalized spacial score (nSPS) is 18.4. The van der Waals surface area contributed by atoms with E-state index < -0.39 is 0 Å². The molecule has 180 valence electrons. The number of nitrogens with one attached hydrogen (secondary N) is 1. The van der Waals surface area contributed by atoms with E-state index in [9.17, 15) is 4.79 Å². The van der Waals surface area contributed by atoms with E-state index in [0.717, 1.165) is 101 Å². The van der Waals surface area contributed by atoms with E-state index in [0.29, 0.717) is 5.89 Å². The number of piperidine rings is 1. The summed E-state index contributed by atoms with van der Waals surface area (Å²) >= 11 is 0. The average molecular weight is 457 g/mol. The maximum absolute atomic E-state index is 12.6. The summed E-state index contributed by atoms with van der Waals surface area (Å²) in [5.41, 5.74) is 1.90. The number of carbonyl (C=O) groups excluding carboxylic acids is 1. The minimum Gasteiger partial charge on any atom is -0.497 e. The van der Waals surface area contributed by atoms with Crippen LogP contribution in [0.3, 0.4) is 0 Å². The minimum atomic E-state index is 0.109. The highest BCUT2D eigenvalue weighted by Gasteiger charge is 2.26. The van der Waals surface area contributed by atoms with Gasteiger partial charge in [0.05, 0.1) is 26.0 Å². The first-order valence-electron chi connectivity index (χ1n) is 12.0. The molecule has 2 aliphatic heterocycles. The van der Waals surface area contributed by atoms with Gasteiger partial charge < -0.3 is 19.2 Å². The van der Waals surface area contributed by atoms with Crippen molar-refractivity contribution in [2.45, 2.75) is 32.7 Å². The maximum Gasteiger partial charge on any atom is 0.226 e. The van der Waals surface area contributed by atoms with E-state index in [4.69, 9.17) is 18.9 Å². The highest BCUT2D eigenvalue weighted by atomic mass is 16.5. The molecule has 1 amide bonds. The number of benzene rings is 1. The summed E-state index contributed by atoms with van der Waals surface area (Å²) in [4.78, 5) is 22.1. The van der Waals surface area contributed by atoms with Crippen LogP contribution in [0, 0.1) is 12.8 Å². The number of oxazole rings is 1. The molecular weight excluding hydrogens is 420 g/mol. The number of carbonyl (C=O) groups is 1. The number of ether oxygens (including phenoxy) is 2. The van der Waals surface area contributed by atoms with Crippen LogP contribution in [0.4, 0.5) is 0 Å². The molecule has 0 unspecified atom stereocenters. The fourth-order valence-corrected chi connectivity index (χ4v) is 4.48. The van der Waals surface area contributed by atoms with Crippen LogP contribution in [0.1, 0.15) is 30.7 Å². The Kier molecular flexibility index (Phi) is 8.36. The number of hydrogen-bond acceptors (Lipinski definition) is 7. The lowest BCUT2D eigenvalue weighted by Gasteiger charge is -2.31. The molecule has 8 nitrogen and oxygen atoms in total. The summed E-state index contributed by atoms with van der Waals surface area (Å²) in [6.07, 6.45) is 2.77. The van der Waals surface area contributed by atoms with E-state index in [1.165, 1.54) is 0 Å². The van der Waals surface area contributed by atoms with Gasteiger partial charge in [0, 0.05) is 37.7 Å².